The third-order valence-electron chi connectivity index (χ3n) is 2.45. The normalized spacial score (nSPS) is 11.1. The van der Waals surface area contributed by atoms with E-state index in [9.17, 15) is 4.79 Å². The number of carbonyl (C=O) groups is 1. The molecule has 0 aliphatic carbocycles. The van der Waals surface area contributed by atoms with Gasteiger partial charge in [0.05, 0.1) is 10.0 Å². The molecule has 0 fully saturated rings. The summed E-state index contributed by atoms with van der Waals surface area (Å²) in [7, 11) is 0. The van der Waals surface area contributed by atoms with E-state index in [1.165, 1.54) is 0 Å². The number of hydrogen-bond acceptors (Lipinski definition) is 3. The minimum absolute atomic E-state index is 0.536. The van der Waals surface area contributed by atoms with E-state index in [1.807, 2.05) is 23.6 Å². The van der Waals surface area contributed by atoms with Crippen molar-refractivity contribution in [2.75, 3.05) is 0 Å². The molecule has 0 aliphatic rings. The average molecular weight is 345 g/mol. The number of carboxylic acids is 1. The largest absolute Gasteiger partial charge is 0.478 e. The predicted octanol–water partition coefficient (Wildman–Crippen LogP) is 5.45. The Labute approximate surface area is 135 Å². The molecular formula is C14H10Cl2O2S2. The van der Waals surface area contributed by atoms with Crippen molar-refractivity contribution in [3.63, 3.8) is 0 Å². The number of carboxylic acid groups (broad SMARTS) is 1. The molecule has 0 saturated carbocycles. The molecule has 0 atom stereocenters. The second-order valence-corrected chi connectivity index (χ2v) is 6.70. The first-order valence-corrected chi connectivity index (χ1v) is 8.23. The highest BCUT2D eigenvalue weighted by atomic mass is 35.5. The lowest BCUT2D eigenvalue weighted by molar-refractivity contribution is -0.131. The molecule has 0 unspecified atom stereocenters. The maximum atomic E-state index is 10.5. The fourth-order valence-electron chi connectivity index (χ4n) is 1.49. The summed E-state index contributed by atoms with van der Waals surface area (Å²) >= 11 is 15.1. The topological polar surface area (TPSA) is 37.3 Å². The van der Waals surface area contributed by atoms with E-state index >= 15 is 0 Å². The van der Waals surface area contributed by atoms with Crippen molar-refractivity contribution < 1.29 is 9.90 Å². The monoisotopic (exact) mass is 344 g/mol. The summed E-state index contributed by atoms with van der Waals surface area (Å²) in [5, 5.41) is 11.7. The van der Waals surface area contributed by atoms with E-state index in [-0.39, 0.29) is 0 Å². The molecule has 104 valence electrons. The minimum atomic E-state index is -0.945. The van der Waals surface area contributed by atoms with Gasteiger partial charge < -0.3 is 5.11 Å². The molecule has 0 radical (unpaired) electrons. The standard InChI is InChI=1S/C14H10Cl2O2S2/c15-11-3-2-10(7-12(11)16)20-8-13-9(5-6-19-13)1-4-14(17)18/h1-7H,8H2,(H,17,18). The molecule has 2 aromatic rings. The summed E-state index contributed by atoms with van der Waals surface area (Å²) in [5.74, 6) is -0.186. The van der Waals surface area contributed by atoms with E-state index in [2.05, 4.69) is 0 Å². The van der Waals surface area contributed by atoms with Gasteiger partial charge in [-0.3, -0.25) is 0 Å². The van der Waals surface area contributed by atoms with Crippen LogP contribution in [0.4, 0.5) is 0 Å². The van der Waals surface area contributed by atoms with Crippen LogP contribution < -0.4 is 0 Å². The van der Waals surface area contributed by atoms with Gasteiger partial charge in [0, 0.05) is 21.6 Å². The second-order valence-electron chi connectivity index (χ2n) is 3.84. The van der Waals surface area contributed by atoms with E-state index in [4.69, 9.17) is 28.3 Å². The van der Waals surface area contributed by atoms with Gasteiger partial charge in [-0.15, -0.1) is 23.1 Å². The summed E-state index contributed by atoms with van der Waals surface area (Å²) in [6.07, 6.45) is 2.76. The molecule has 2 nitrogen and oxygen atoms in total. The summed E-state index contributed by atoms with van der Waals surface area (Å²) < 4.78 is 0. The quantitative estimate of drug-likeness (QED) is 0.579. The summed E-state index contributed by atoms with van der Waals surface area (Å²) in [4.78, 5) is 12.7. The number of thioether (sulfide) groups is 1. The summed E-state index contributed by atoms with van der Waals surface area (Å²) in [5.41, 5.74) is 0.935. The molecule has 6 heteroatoms. The first kappa shape index (κ1) is 15.4. The maximum absolute atomic E-state index is 10.5. The zero-order valence-electron chi connectivity index (χ0n) is 10.2. The molecule has 0 spiro atoms. The van der Waals surface area contributed by atoms with Gasteiger partial charge in [0.2, 0.25) is 0 Å². The van der Waals surface area contributed by atoms with E-state index in [1.54, 1.807) is 35.2 Å². The molecule has 0 bridgehead atoms. The van der Waals surface area contributed by atoms with Crippen LogP contribution in [0.2, 0.25) is 10.0 Å². The van der Waals surface area contributed by atoms with Crippen LogP contribution in [-0.4, -0.2) is 11.1 Å². The first-order valence-electron chi connectivity index (χ1n) is 5.61. The third-order valence-corrected chi connectivity index (χ3v) is 5.33. The molecule has 0 saturated heterocycles. The number of rotatable bonds is 5. The zero-order valence-corrected chi connectivity index (χ0v) is 13.3. The van der Waals surface area contributed by atoms with Crippen molar-refractivity contribution in [3.8, 4) is 0 Å². The number of aliphatic carboxylic acids is 1. The average Bonchev–Trinajstić information content (AvgIpc) is 2.85. The van der Waals surface area contributed by atoms with Crippen molar-refractivity contribution in [2.24, 2.45) is 0 Å². The van der Waals surface area contributed by atoms with Crippen LogP contribution >= 0.6 is 46.3 Å². The second kappa shape index (κ2) is 7.18. The van der Waals surface area contributed by atoms with Gasteiger partial charge in [-0.1, -0.05) is 23.2 Å². The van der Waals surface area contributed by atoms with Gasteiger partial charge in [0.1, 0.15) is 0 Å². The van der Waals surface area contributed by atoms with E-state index in [0.717, 1.165) is 27.2 Å². The van der Waals surface area contributed by atoms with Gasteiger partial charge in [-0.2, -0.15) is 0 Å². The van der Waals surface area contributed by atoms with Crippen LogP contribution in [0.15, 0.2) is 40.6 Å². The van der Waals surface area contributed by atoms with E-state index in [0.29, 0.717) is 10.0 Å². The lowest BCUT2D eigenvalue weighted by Crippen LogP contribution is -1.86. The fraction of sp³-hybridized carbons (Fsp3) is 0.0714. The van der Waals surface area contributed by atoms with E-state index < -0.39 is 5.97 Å². The molecule has 20 heavy (non-hydrogen) atoms. The number of halogens is 2. The van der Waals surface area contributed by atoms with Crippen molar-refractivity contribution in [3.05, 3.63) is 56.2 Å². The zero-order chi connectivity index (χ0) is 14.5. The molecule has 0 amide bonds. The Morgan fingerprint density at radius 3 is 2.80 bits per heavy atom. The SMILES string of the molecule is O=C(O)C=Cc1ccsc1CSc1ccc(Cl)c(Cl)c1. The van der Waals surface area contributed by atoms with Crippen LogP contribution in [0.3, 0.4) is 0 Å². The van der Waals surface area contributed by atoms with Gasteiger partial charge in [0.15, 0.2) is 0 Å². The highest BCUT2D eigenvalue weighted by Crippen LogP contribution is 2.32. The van der Waals surface area contributed by atoms with Crippen molar-refractivity contribution in [1.82, 2.24) is 0 Å². The van der Waals surface area contributed by atoms with Gasteiger partial charge in [-0.25, -0.2) is 4.79 Å². The Balaban J connectivity index is 2.05. The van der Waals surface area contributed by atoms with Gasteiger partial charge in [0.25, 0.3) is 0 Å². The molecule has 2 rings (SSSR count). The minimum Gasteiger partial charge on any atom is -0.478 e. The van der Waals surface area contributed by atoms with Gasteiger partial charge in [-0.05, 0) is 41.3 Å². The Bertz CT molecular complexity index is 650. The van der Waals surface area contributed by atoms with Crippen molar-refractivity contribution in [1.29, 1.82) is 0 Å². The third kappa shape index (κ3) is 4.28. The van der Waals surface area contributed by atoms with Crippen LogP contribution in [0, 0.1) is 0 Å². The summed E-state index contributed by atoms with van der Waals surface area (Å²) in [6, 6.07) is 7.43. The van der Waals surface area contributed by atoms with Crippen LogP contribution in [0.5, 0.6) is 0 Å². The molecule has 0 aliphatic heterocycles. The van der Waals surface area contributed by atoms with Gasteiger partial charge >= 0.3 is 5.97 Å². The Kier molecular flexibility index (Phi) is 5.54. The Morgan fingerprint density at radius 2 is 2.10 bits per heavy atom. The Morgan fingerprint density at radius 1 is 1.30 bits per heavy atom. The molecule has 1 heterocycles. The molecule has 1 N–H and O–H groups in total. The molecule has 1 aromatic carbocycles. The van der Waals surface area contributed by atoms with Crippen LogP contribution in [0.1, 0.15) is 10.4 Å². The van der Waals surface area contributed by atoms with Crippen molar-refractivity contribution >= 4 is 58.3 Å². The first-order chi connectivity index (χ1) is 9.56. The lowest BCUT2D eigenvalue weighted by atomic mass is 10.2. The van der Waals surface area contributed by atoms with Crippen LogP contribution in [-0.2, 0) is 10.5 Å². The smallest absolute Gasteiger partial charge is 0.328 e. The van der Waals surface area contributed by atoms with Crippen molar-refractivity contribution in [2.45, 2.75) is 10.6 Å². The summed E-state index contributed by atoms with van der Waals surface area (Å²) in [6.45, 7) is 0. The highest BCUT2D eigenvalue weighted by Gasteiger charge is 2.05. The fourth-order valence-corrected chi connectivity index (χ4v) is 3.79. The number of hydrogen-bond donors (Lipinski definition) is 1. The maximum Gasteiger partial charge on any atom is 0.328 e. The molecule has 1 aromatic heterocycles. The highest BCUT2D eigenvalue weighted by molar-refractivity contribution is 7.98. The Hall–Kier alpha value is -0.940. The predicted molar refractivity (Wildman–Crippen MR) is 87.0 cm³/mol. The van der Waals surface area contributed by atoms with Crippen LogP contribution in [0.25, 0.3) is 6.08 Å². The molecular weight excluding hydrogens is 335 g/mol. The number of benzene rings is 1. The lowest BCUT2D eigenvalue weighted by Gasteiger charge is -2.03. The number of thiophene rings is 1.